The Kier molecular flexibility index (Phi) is 3.94. The molecule has 0 saturated carbocycles. The molecule has 3 rings (SSSR count). The van der Waals surface area contributed by atoms with Crippen LogP contribution in [0, 0.1) is 6.92 Å². The van der Waals surface area contributed by atoms with Crippen molar-refractivity contribution in [3.05, 3.63) is 45.7 Å². The molecular formula is C16H17N3O2S. The Labute approximate surface area is 132 Å². The van der Waals surface area contributed by atoms with Gasteiger partial charge in [-0.1, -0.05) is 6.07 Å². The first-order valence-corrected chi connectivity index (χ1v) is 8.00. The zero-order valence-electron chi connectivity index (χ0n) is 12.7. The Morgan fingerprint density at radius 3 is 2.95 bits per heavy atom. The summed E-state index contributed by atoms with van der Waals surface area (Å²) in [5.74, 6) is 0.469. The lowest BCUT2D eigenvalue weighted by atomic mass is 10.2. The van der Waals surface area contributed by atoms with Crippen LogP contribution in [0.5, 0.6) is 0 Å². The van der Waals surface area contributed by atoms with Crippen molar-refractivity contribution in [2.75, 3.05) is 0 Å². The highest BCUT2D eigenvalue weighted by molar-refractivity contribution is 7.09. The first-order chi connectivity index (χ1) is 10.5. The van der Waals surface area contributed by atoms with E-state index in [0.717, 1.165) is 21.7 Å². The van der Waals surface area contributed by atoms with E-state index in [-0.39, 0.29) is 11.9 Å². The highest BCUT2D eigenvalue weighted by atomic mass is 32.1. The molecule has 0 aliphatic heterocycles. The van der Waals surface area contributed by atoms with Gasteiger partial charge >= 0.3 is 0 Å². The lowest BCUT2D eigenvalue weighted by molar-refractivity contribution is 0.0938. The minimum absolute atomic E-state index is 0.0953. The van der Waals surface area contributed by atoms with Crippen molar-refractivity contribution < 1.29 is 9.21 Å². The van der Waals surface area contributed by atoms with E-state index in [1.807, 2.05) is 39.0 Å². The molecule has 3 aromatic rings. The van der Waals surface area contributed by atoms with Gasteiger partial charge in [-0.25, -0.2) is 9.97 Å². The predicted octanol–water partition coefficient (Wildman–Crippen LogP) is 3.32. The molecule has 5 nitrogen and oxygen atoms in total. The second-order valence-corrected chi connectivity index (χ2v) is 6.45. The first kappa shape index (κ1) is 14.7. The van der Waals surface area contributed by atoms with Gasteiger partial charge in [0.25, 0.3) is 5.91 Å². The van der Waals surface area contributed by atoms with Gasteiger partial charge < -0.3 is 9.73 Å². The molecule has 0 radical (unpaired) electrons. The number of hydrogen-bond acceptors (Lipinski definition) is 5. The third-order valence-electron chi connectivity index (χ3n) is 3.09. The zero-order valence-corrected chi connectivity index (χ0v) is 13.5. The van der Waals surface area contributed by atoms with Gasteiger partial charge in [0.1, 0.15) is 16.2 Å². The van der Waals surface area contributed by atoms with Gasteiger partial charge in [0, 0.05) is 11.4 Å². The fraction of sp³-hybridized carbons (Fsp3) is 0.312. The molecule has 1 N–H and O–H groups in total. The van der Waals surface area contributed by atoms with Crippen LogP contribution in [0.25, 0.3) is 11.1 Å². The Morgan fingerprint density at radius 1 is 1.36 bits per heavy atom. The molecule has 0 spiro atoms. The Morgan fingerprint density at radius 2 is 2.18 bits per heavy atom. The van der Waals surface area contributed by atoms with Crippen LogP contribution >= 0.6 is 11.3 Å². The van der Waals surface area contributed by atoms with E-state index in [4.69, 9.17) is 4.42 Å². The molecule has 114 valence electrons. The van der Waals surface area contributed by atoms with Gasteiger partial charge in [-0.3, -0.25) is 4.79 Å². The van der Waals surface area contributed by atoms with E-state index >= 15 is 0 Å². The summed E-state index contributed by atoms with van der Waals surface area (Å²) in [6.07, 6.45) is 0.493. The van der Waals surface area contributed by atoms with Crippen molar-refractivity contribution in [1.82, 2.24) is 15.3 Å². The van der Waals surface area contributed by atoms with Crippen LogP contribution in [0.1, 0.15) is 40.8 Å². The summed E-state index contributed by atoms with van der Waals surface area (Å²) in [5, 5.41) is 5.41. The monoisotopic (exact) mass is 315 g/mol. The van der Waals surface area contributed by atoms with Crippen LogP contribution in [-0.2, 0) is 6.42 Å². The number of amides is 1. The zero-order chi connectivity index (χ0) is 15.7. The topological polar surface area (TPSA) is 68.0 Å². The van der Waals surface area contributed by atoms with Gasteiger partial charge in [0.05, 0.1) is 6.42 Å². The molecule has 0 bridgehead atoms. The maximum absolute atomic E-state index is 11.9. The van der Waals surface area contributed by atoms with Gasteiger partial charge in [0.2, 0.25) is 5.89 Å². The first-order valence-electron chi connectivity index (χ1n) is 7.12. The number of benzene rings is 1. The molecule has 1 amide bonds. The molecule has 0 aliphatic carbocycles. The number of thiazole rings is 1. The SMILES string of the molecule is Cc1ccc2oc(Cc3nc(C(=O)NC(C)C)cs3)nc2c1. The number of nitrogens with zero attached hydrogens (tertiary/aromatic N) is 2. The lowest BCUT2D eigenvalue weighted by Crippen LogP contribution is -2.30. The maximum atomic E-state index is 11.9. The van der Waals surface area contributed by atoms with Gasteiger partial charge in [0.15, 0.2) is 5.58 Å². The molecule has 0 fully saturated rings. The molecule has 6 heteroatoms. The number of nitrogens with one attached hydrogen (secondary N) is 1. The van der Waals surface area contributed by atoms with Crippen molar-refractivity contribution >= 4 is 28.3 Å². The number of aromatic nitrogens is 2. The van der Waals surface area contributed by atoms with Gasteiger partial charge in [-0.15, -0.1) is 11.3 Å². The quantitative estimate of drug-likeness (QED) is 0.802. The standard InChI is InChI=1S/C16H17N3O2S/c1-9(2)17-16(20)12-8-22-15(19-12)7-14-18-11-6-10(3)4-5-13(11)21-14/h4-6,8-9H,7H2,1-3H3,(H,17,20). The lowest BCUT2D eigenvalue weighted by Gasteiger charge is -2.05. The van der Waals surface area contributed by atoms with Gasteiger partial charge in [-0.05, 0) is 38.5 Å². The molecule has 0 atom stereocenters. The molecule has 22 heavy (non-hydrogen) atoms. The molecule has 1 aromatic carbocycles. The summed E-state index contributed by atoms with van der Waals surface area (Å²) in [4.78, 5) is 20.7. The van der Waals surface area contributed by atoms with E-state index in [1.165, 1.54) is 11.3 Å². The summed E-state index contributed by atoms with van der Waals surface area (Å²) < 4.78 is 5.72. The fourth-order valence-corrected chi connectivity index (χ4v) is 2.89. The van der Waals surface area contributed by atoms with Crippen LogP contribution in [0.4, 0.5) is 0 Å². The van der Waals surface area contributed by atoms with Gasteiger partial charge in [-0.2, -0.15) is 0 Å². The molecular weight excluding hydrogens is 298 g/mol. The van der Waals surface area contributed by atoms with E-state index in [1.54, 1.807) is 5.38 Å². The second kappa shape index (κ2) is 5.88. The number of carbonyl (C=O) groups excluding carboxylic acids is 1. The van der Waals surface area contributed by atoms with Crippen LogP contribution in [-0.4, -0.2) is 21.9 Å². The number of oxazole rings is 1. The predicted molar refractivity (Wildman–Crippen MR) is 86.3 cm³/mol. The summed E-state index contributed by atoms with van der Waals surface area (Å²) in [7, 11) is 0. The number of aryl methyl sites for hydroxylation is 1. The number of fused-ring (bicyclic) bond motifs is 1. The van der Waals surface area contributed by atoms with E-state index in [9.17, 15) is 4.79 Å². The molecule has 2 heterocycles. The number of hydrogen-bond donors (Lipinski definition) is 1. The minimum Gasteiger partial charge on any atom is -0.440 e. The highest BCUT2D eigenvalue weighted by Gasteiger charge is 2.14. The Balaban J connectivity index is 1.77. The Hall–Kier alpha value is -2.21. The number of rotatable bonds is 4. The summed E-state index contributed by atoms with van der Waals surface area (Å²) in [5.41, 5.74) is 3.22. The highest BCUT2D eigenvalue weighted by Crippen LogP contribution is 2.20. The van der Waals surface area contributed by atoms with Crippen molar-refractivity contribution in [2.24, 2.45) is 0 Å². The summed E-state index contributed by atoms with van der Waals surface area (Å²) >= 11 is 1.44. The van der Waals surface area contributed by atoms with Crippen molar-refractivity contribution in [3.8, 4) is 0 Å². The van der Waals surface area contributed by atoms with E-state index in [0.29, 0.717) is 18.0 Å². The third-order valence-corrected chi connectivity index (χ3v) is 3.94. The third kappa shape index (κ3) is 3.17. The molecule has 0 unspecified atom stereocenters. The number of carbonyl (C=O) groups is 1. The second-order valence-electron chi connectivity index (χ2n) is 5.51. The summed E-state index contributed by atoms with van der Waals surface area (Å²) in [6.45, 7) is 5.87. The Bertz CT molecular complexity index is 820. The largest absolute Gasteiger partial charge is 0.440 e. The molecule has 0 saturated heterocycles. The molecule has 2 aromatic heterocycles. The average molecular weight is 315 g/mol. The van der Waals surface area contributed by atoms with Crippen LogP contribution in [0.15, 0.2) is 28.0 Å². The summed E-state index contributed by atoms with van der Waals surface area (Å²) in [6, 6.07) is 6.00. The maximum Gasteiger partial charge on any atom is 0.270 e. The smallest absolute Gasteiger partial charge is 0.270 e. The van der Waals surface area contributed by atoms with E-state index in [2.05, 4.69) is 15.3 Å². The van der Waals surface area contributed by atoms with Crippen molar-refractivity contribution in [1.29, 1.82) is 0 Å². The van der Waals surface area contributed by atoms with Crippen molar-refractivity contribution in [3.63, 3.8) is 0 Å². The van der Waals surface area contributed by atoms with E-state index < -0.39 is 0 Å². The molecule has 0 aliphatic rings. The van der Waals surface area contributed by atoms with Crippen LogP contribution < -0.4 is 5.32 Å². The minimum atomic E-state index is -0.148. The van der Waals surface area contributed by atoms with Crippen molar-refractivity contribution in [2.45, 2.75) is 33.2 Å². The fourth-order valence-electron chi connectivity index (χ4n) is 2.12. The average Bonchev–Trinajstić information content (AvgIpc) is 3.04. The normalized spacial score (nSPS) is 11.3. The van der Waals surface area contributed by atoms with Crippen LogP contribution in [0.2, 0.25) is 0 Å². The van der Waals surface area contributed by atoms with Crippen LogP contribution in [0.3, 0.4) is 0 Å².